The highest BCUT2D eigenvalue weighted by atomic mass is 35.5. The summed E-state index contributed by atoms with van der Waals surface area (Å²) < 4.78 is 19.3. The Morgan fingerprint density at radius 1 is 1.44 bits per heavy atom. The predicted octanol–water partition coefficient (Wildman–Crippen LogP) is 2.89. The van der Waals surface area contributed by atoms with Crippen molar-refractivity contribution in [2.24, 2.45) is 10.7 Å². The number of rotatable bonds is 3. The zero-order valence-corrected chi connectivity index (χ0v) is 14.1. The molecule has 0 aliphatic carbocycles. The Balaban J connectivity index is 1.85. The van der Waals surface area contributed by atoms with Crippen molar-refractivity contribution in [3.05, 3.63) is 58.9 Å². The number of amides is 1. The molecule has 0 saturated carbocycles. The number of hydrogen-bond donors (Lipinski definition) is 2. The molecule has 1 amide bonds. The average Bonchev–Trinajstić information content (AvgIpc) is 2.59. The fourth-order valence-corrected chi connectivity index (χ4v) is 2.63. The van der Waals surface area contributed by atoms with Crippen LogP contribution >= 0.6 is 11.6 Å². The molecule has 3 rings (SSSR count). The smallest absolute Gasteiger partial charge is 0.274 e. The maximum Gasteiger partial charge on any atom is 0.274 e. The van der Waals surface area contributed by atoms with Crippen LogP contribution in [0.3, 0.4) is 0 Å². The lowest BCUT2D eigenvalue weighted by Gasteiger charge is -2.33. The maximum atomic E-state index is 14.3. The van der Waals surface area contributed by atoms with Crippen molar-refractivity contribution in [3.8, 4) is 0 Å². The van der Waals surface area contributed by atoms with E-state index in [0.29, 0.717) is 16.3 Å². The van der Waals surface area contributed by atoms with Gasteiger partial charge in [-0.05, 0) is 36.8 Å². The Morgan fingerprint density at radius 2 is 2.24 bits per heavy atom. The molecule has 0 spiro atoms. The molecule has 2 aromatic rings. The molecule has 0 radical (unpaired) electrons. The maximum absolute atomic E-state index is 14.3. The van der Waals surface area contributed by atoms with Gasteiger partial charge in [0.25, 0.3) is 5.91 Å². The van der Waals surface area contributed by atoms with Gasteiger partial charge in [-0.1, -0.05) is 23.7 Å². The molecule has 2 atom stereocenters. The molecular formula is C17H16ClFN4O2. The number of amidine groups is 1. The van der Waals surface area contributed by atoms with Crippen molar-refractivity contribution >= 4 is 29.0 Å². The summed E-state index contributed by atoms with van der Waals surface area (Å²) in [5.74, 6) is -0.185. The lowest BCUT2D eigenvalue weighted by atomic mass is 9.91. The van der Waals surface area contributed by atoms with E-state index in [2.05, 4.69) is 15.3 Å². The Kier molecular flexibility index (Phi) is 4.69. The van der Waals surface area contributed by atoms with E-state index in [0.717, 1.165) is 0 Å². The van der Waals surface area contributed by atoms with Gasteiger partial charge in [-0.15, -0.1) is 0 Å². The molecule has 1 aliphatic rings. The average molecular weight is 363 g/mol. The molecule has 25 heavy (non-hydrogen) atoms. The van der Waals surface area contributed by atoms with Crippen LogP contribution in [0.25, 0.3) is 0 Å². The van der Waals surface area contributed by atoms with E-state index in [9.17, 15) is 9.18 Å². The first kappa shape index (κ1) is 17.3. The molecule has 0 bridgehead atoms. The van der Waals surface area contributed by atoms with Gasteiger partial charge in [0.15, 0.2) is 0 Å². The van der Waals surface area contributed by atoms with Gasteiger partial charge in [0, 0.05) is 11.9 Å². The molecule has 0 fully saturated rings. The summed E-state index contributed by atoms with van der Waals surface area (Å²) in [6, 6.07) is 9.80. The van der Waals surface area contributed by atoms with Crippen molar-refractivity contribution in [1.82, 2.24) is 4.98 Å². The highest BCUT2D eigenvalue weighted by molar-refractivity contribution is 6.30. The topological polar surface area (TPSA) is 89.6 Å². The number of carbonyl (C=O) groups excluding carboxylic acids is 1. The third-order valence-electron chi connectivity index (χ3n) is 3.86. The zero-order chi connectivity index (χ0) is 18.0. The van der Waals surface area contributed by atoms with Crippen LogP contribution in [-0.4, -0.2) is 29.7 Å². The monoisotopic (exact) mass is 362 g/mol. The largest absolute Gasteiger partial charge is 0.385 e. The number of aliphatic imine (C=N–C) groups is 1. The van der Waals surface area contributed by atoms with E-state index in [-0.39, 0.29) is 18.1 Å². The number of benzene rings is 1. The molecular weight excluding hydrogens is 347 g/mol. The third kappa shape index (κ3) is 3.62. The predicted molar refractivity (Wildman–Crippen MR) is 93.5 cm³/mol. The van der Waals surface area contributed by atoms with E-state index in [4.69, 9.17) is 22.1 Å². The van der Waals surface area contributed by atoms with Gasteiger partial charge in [-0.3, -0.25) is 9.79 Å². The van der Waals surface area contributed by atoms with Crippen molar-refractivity contribution in [3.63, 3.8) is 0 Å². The molecule has 6 nitrogen and oxygen atoms in total. The Morgan fingerprint density at radius 3 is 2.96 bits per heavy atom. The van der Waals surface area contributed by atoms with E-state index >= 15 is 0 Å². The first-order valence-electron chi connectivity index (χ1n) is 7.52. The van der Waals surface area contributed by atoms with Gasteiger partial charge >= 0.3 is 0 Å². The Bertz CT molecular complexity index is 828. The molecule has 1 aliphatic heterocycles. The summed E-state index contributed by atoms with van der Waals surface area (Å²) in [5.41, 5.74) is 5.64. The van der Waals surface area contributed by atoms with Crippen LogP contribution in [0.2, 0.25) is 5.02 Å². The molecule has 130 valence electrons. The van der Waals surface area contributed by atoms with Crippen molar-refractivity contribution in [2.75, 3.05) is 11.9 Å². The number of nitrogens with one attached hydrogen (secondary N) is 1. The molecule has 0 saturated heterocycles. The fourth-order valence-electron chi connectivity index (χ4n) is 2.51. The summed E-state index contributed by atoms with van der Waals surface area (Å²) >= 11 is 5.76. The highest BCUT2D eigenvalue weighted by Crippen LogP contribution is 2.35. The van der Waals surface area contributed by atoms with Crippen LogP contribution in [0.15, 0.2) is 47.6 Å². The van der Waals surface area contributed by atoms with Gasteiger partial charge < -0.3 is 15.8 Å². The van der Waals surface area contributed by atoms with E-state index in [1.54, 1.807) is 37.3 Å². The second kappa shape index (κ2) is 6.78. The van der Waals surface area contributed by atoms with Gasteiger partial charge in [0.1, 0.15) is 23.7 Å². The lowest BCUT2D eigenvalue weighted by Crippen LogP contribution is -2.43. The quantitative estimate of drug-likeness (QED) is 0.878. The second-order valence-corrected chi connectivity index (χ2v) is 6.21. The normalized spacial score (nSPS) is 23.0. The number of hydrogen-bond acceptors (Lipinski definition) is 5. The van der Waals surface area contributed by atoms with E-state index in [1.165, 1.54) is 12.3 Å². The van der Waals surface area contributed by atoms with Crippen LogP contribution in [0.4, 0.5) is 10.1 Å². The number of carbonyl (C=O) groups is 1. The molecule has 8 heteroatoms. The van der Waals surface area contributed by atoms with Gasteiger partial charge in [0.05, 0.1) is 5.02 Å². The molecule has 1 aromatic carbocycles. The standard InChI is InChI=1S/C17H16ClFN4O2/c1-17(16(19)25-9-14(20)23-17)10-3-2-4-12(7-10)22-15(24)13-6-5-11(18)8-21-13/h2-8,16H,9H2,1H3,(H2,20,23)(H,22,24)/t16-,17+/m1/s1. The number of alkyl halides is 1. The molecule has 2 heterocycles. The Labute approximate surface area is 148 Å². The number of nitrogens with two attached hydrogens (primary N) is 1. The molecule has 3 N–H and O–H groups in total. The van der Waals surface area contributed by atoms with Gasteiger partial charge in [-0.25, -0.2) is 9.37 Å². The SMILES string of the molecule is C[C@@]1(c2cccc(NC(=O)c3ccc(Cl)cn3)c2)N=C(N)CO[C@H]1F. The van der Waals surface area contributed by atoms with Gasteiger partial charge in [-0.2, -0.15) is 0 Å². The van der Waals surface area contributed by atoms with Crippen LogP contribution in [-0.2, 0) is 10.3 Å². The van der Waals surface area contributed by atoms with E-state index < -0.39 is 17.8 Å². The van der Waals surface area contributed by atoms with Crippen LogP contribution < -0.4 is 11.1 Å². The van der Waals surface area contributed by atoms with Crippen molar-refractivity contribution in [2.45, 2.75) is 18.8 Å². The third-order valence-corrected chi connectivity index (χ3v) is 4.08. The van der Waals surface area contributed by atoms with E-state index in [1.807, 2.05) is 0 Å². The fraction of sp³-hybridized carbons (Fsp3) is 0.235. The molecule has 0 unspecified atom stereocenters. The second-order valence-electron chi connectivity index (χ2n) is 5.77. The summed E-state index contributed by atoms with van der Waals surface area (Å²) in [7, 11) is 0. The zero-order valence-electron chi connectivity index (χ0n) is 13.4. The first-order valence-corrected chi connectivity index (χ1v) is 7.89. The van der Waals surface area contributed by atoms with Crippen LogP contribution in [0.1, 0.15) is 23.0 Å². The number of aromatic nitrogens is 1. The van der Waals surface area contributed by atoms with Crippen LogP contribution in [0.5, 0.6) is 0 Å². The summed E-state index contributed by atoms with van der Waals surface area (Å²) in [5, 5.41) is 3.15. The number of pyridine rings is 1. The minimum atomic E-state index is -1.64. The highest BCUT2D eigenvalue weighted by Gasteiger charge is 2.40. The minimum Gasteiger partial charge on any atom is -0.385 e. The van der Waals surface area contributed by atoms with Crippen molar-refractivity contribution in [1.29, 1.82) is 0 Å². The number of nitrogens with zero attached hydrogens (tertiary/aromatic N) is 2. The minimum absolute atomic E-state index is 0.0462. The first-order chi connectivity index (χ1) is 11.9. The number of halogens is 2. The van der Waals surface area contributed by atoms with Crippen molar-refractivity contribution < 1.29 is 13.9 Å². The number of anilines is 1. The van der Waals surface area contributed by atoms with Crippen LogP contribution in [0, 0.1) is 0 Å². The summed E-state index contributed by atoms with van der Waals surface area (Å²) in [6.45, 7) is 1.54. The number of ether oxygens (including phenoxy) is 1. The van der Waals surface area contributed by atoms with Gasteiger partial charge in [0.2, 0.25) is 6.36 Å². The Hall–Kier alpha value is -2.51. The lowest BCUT2D eigenvalue weighted by molar-refractivity contribution is -0.0795. The summed E-state index contributed by atoms with van der Waals surface area (Å²) in [4.78, 5) is 20.4. The molecule has 1 aromatic heterocycles. The summed E-state index contributed by atoms with van der Waals surface area (Å²) in [6.07, 6.45) is -0.248.